The van der Waals surface area contributed by atoms with Crippen LogP contribution in [-0.4, -0.2) is 55.0 Å². The fourth-order valence-corrected chi connectivity index (χ4v) is 6.48. The van der Waals surface area contributed by atoms with E-state index in [-0.39, 0.29) is 18.1 Å². The zero-order valence-electron chi connectivity index (χ0n) is 24.1. The van der Waals surface area contributed by atoms with E-state index in [2.05, 4.69) is 17.3 Å². The monoisotopic (exact) mass is 583 g/mol. The summed E-state index contributed by atoms with van der Waals surface area (Å²) in [6, 6.07) is 10.2. The summed E-state index contributed by atoms with van der Waals surface area (Å²) < 4.78 is 40.5. The normalized spacial score (nSPS) is 20.0. The van der Waals surface area contributed by atoms with Crippen molar-refractivity contribution in [3.05, 3.63) is 70.9 Å². The molecule has 1 saturated carbocycles. The van der Waals surface area contributed by atoms with Crippen molar-refractivity contribution in [1.29, 1.82) is 0 Å². The second-order valence-corrected chi connectivity index (χ2v) is 11.8. The molecule has 0 spiro atoms. The van der Waals surface area contributed by atoms with Crippen molar-refractivity contribution in [1.82, 2.24) is 15.1 Å². The van der Waals surface area contributed by atoms with E-state index >= 15 is 0 Å². The van der Waals surface area contributed by atoms with Gasteiger partial charge in [-0.05, 0) is 81.2 Å². The highest BCUT2D eigenvalue weighted by atomic mass is 19.4. The van der Waals surface area contributed by atoms with Gasteiger partial charge < -0.3 is 20.9 Å². The van der Waals surface area contributed by atoms with Gasteiger partial charge in [-0.25, -0.2) is 4.79 Å². The largest absolute Gasteiger partial charge is 0.416 e. The van der Waals surface area contributed by atoms with Gasteiger partial charge in [-0.15, -0.1) is 0 Å². The van der Waals surface area contributed by atoms with Gasteiger partial charge in [0.2, 0.25) is 0 Å². The molecule has 2 aromatic carbocycles. The standard InChI is InChI=1S/C32H40F3N5O2/c1-38(17-6-10-22-8-3-2-4-9-22)18-7-19-39-21-27-28(30(39)41)29(23-13-15-25(36)16-14-23)37-31(42)40(27)26-12-5-11-24(20-26)32(33,34)35/h5,11-16,20,22,29H,2-4,6-10,17-19,21,36H2,1H3,(H,37,42)/t29-/m1/s1. The van der Waals surface area contributed by atoms with E-state index in [9.17, 15) is 22.8 Å². The fourth-order valence-electron chi connectivity index (χ4n) is 6.48. The quantitative estimate of drug-likeness (QED) is 0.320. The molecule has 0 saturated heterocycles. The Morgan fingerprint density at radius 1 is 1.00 bits per heavy atom. The third-order valence-corrected chi connectivity index (χ3v) is 8.74. The first-order valence-electron chi connectivity index (χ1n) is 15.0. The highest BCUT2D eigenvalue weighted by Crippen LogP contribution is 2.40. The summed E-state index contributed by atoms with van der Waals surface area (Å²) in [5, 5.41) is 2.86. The summed E-state index contributed by atoms with van der Waals surface area (Å²) >= 11 is 0. The number of anilines is 2. The summed E-state index contributed by atoms with van der Waals surface area (Å²) in [4.78, 5) is 32.4. The first-order chi connectivity index (χ1) is 20.1. The van der Waals surface area contributed by atoms with Crippen LogP contribution in [0.1, 0.15) is 68.5 Å². The Bertz CT molecular complexity index is 1300. The molecular formula is C32H40F3N5O2. The molecular weight excluding hydrogens is 543 g/mol. The number of amides is 3. The summed E-state index contributed by atoms with van der Waals surface area (Å²) in [5.74, 6) is 0.639. The molecule has 3 aliphatic rings. The van der Waals surface area contributed by atoms with Gasteiger partial charge in [0.1, 0.15) is 0 Å². The van der Waals surface area contributed by atoms with Crippen molar-refractivity contribution < 1.29 is 22.8 Å². The fraction of sp³-hybridized carbons (Fsp3) is 0.500. The van der Waals surface area contributed by atoms with Crippen molar-refractivity contribution in [3.8, 4) is 0 Å². The molecule has 2 aromatic rings. The number of carbonyl (C=O) groups excluding carboxylic acids is 2. The van der Waals surface area contributed by atoms with Crippen LogP contribution in [0.15, 0.2) is 59.8 Å². The molecule has 0 radical (unpaired) electrons. The number of carbonyl (C=O) groups is 2. The van der Waals surface area contributed by atoms with E-state index in [0.717, 1.165) is 37.6 Å². The van der Waals surface area contributed by atoms with Crippen LogP contribution in [0.3, 0.4) is 0 Å². The lowest BCUT2D eigenvalue weighted by Crippen LogP contribution is -2.47. The lowest BCUT2D eigenvalue weighted by molar-refractivity contribution is -0.137. The Kier molecular flexibility index (Phi) is 9.11. The molecule has 0 bridgehead atoms. The molecule has 2 heterocycles. The first-order valence-corrected chi connectivity index (χ1v) is 15.0. The number of alkyl halides is 3. The van der Waals surface area contributed by atoms with E-state index in [1.165, 1.54) is 62.0 Å². The Hall–Kier alpha value is -3.53. The van der Waals surface area contributed by atoms with Gasteiger partial charge in [-0.1, -0.05) is 50.3 Å². The molecule has 1 aliphatic carbocycles. The third kappa shape index (κ3) is 6.75. The minimum absolute atomic E-state index is 0.0675. The summed E-state index contributed by atoms with van der Waals surface area (Å²) in [6.07, 6.45) is 5.41. The van der Waals surface area contributed by atoms with Crippen molar-refractivity contribution in [3.63, 3.8) is 0 Å². The summed E-state index contributed by atoms with van der Waals surface area (Å²) in [5.41, 5.74) is 7.07. The maximum Gasteiger partial charge on any atom is 0.416 e. The van der Waals surface area contributed by atoms with Gasteiger partial charge in [-0.3, -0.25) is 9.69 Å². The number of halogens is 3. The Morgan fingerprint density at radius 2 is 1.71 bits per heavy atom. The van der Waals surface area contributed by atoms with Crippen molar-refractivity contribution >= 4 is 23.3 Å². The average Bonchev–Trinajstić information content (AvgIpc) is 3.28. The molecule has 0 aromatic heterocycles. The molecule has 3 N–H and O–H groups in total. The molecule has 5 rings (SSSR count). The van der Waals surface area contributed by atoms with Crippen LogP contribution in [0.2, 0.25) is 0 Å². The van der Waals surface area contributed by atoms with Gasteiger partial charge in [0.15, 0.2) is 0 Å². The molecule has 1 atom stereocenters. The van der Waals surface area contributed by atoms with Gasteiger partial charge in [0, 0.05) is 12.2 Å². The SMILES string of the molecule is CN(CCCC1CCCCC1)CCCN1CC2=C(C1=O)[C@@H](c1ccc(N)cc1)NC(=O)N2c1cccc(C(F)(F)F)c1. The minimum atomic E-state index is -4.56. The van der Waals surface area contributed by atoms with E-state index in [1.54, 1.807) is 29.2 Å². The maximum absolute atomic E-state index is 13.8. The lowest BCUT2D eigenvalue weighted by Gasteiger charge is -2.34. The van der Waals surface area contributed by atoms with Gasteiger partial charge >= 0.3 is 12.2 Å². The van der Waals surface area contributed by atoms with Crippen LogP contribution >= 0.6 is 0 Å². The molecule has 226 valence electrons. The van der Waals surface area contributed by atoms with Gasteiger partial charge in [0.25, 0.3) is 5.91 Å². The van der Waals surface area contributed by atoms with Crippen LogP contribution in [0.25, 0.3) is 0 Å². The molecule has 2 aliphatic heterocycles. The average molecular weight is 584 g/mol. The van der Waals surface area contributed by atoms with Crippen LogP contribution in [0.5, 0.6) is 0 Å². The number of urea groups is 1. The van der Waals surface area contributed by atoms with E-state index in [4.69, 9.17) is 5.73 Å². The second-order valence-electron chi connectivity index (χ2n) is 11.8. The second kappa shape index (κ2) is 12.8. The number of rotatable bonds is 10. The third-order valence-electron chi connectivity index (χ3n) is 8.74. The zero-order valence-corrected chi connectivity index (χ0v) is 24.1. The molecule has 42 heavy (non-hydrogen) atoms. The van der Waals surface area contributed by atoms with Gasteiger partial charge in [-0.2, -0.15) is 13.2 Å². The molecule has 1 fully saturated rings. The number of nitrogens with one attached hydrogen (secondary N) is 1. The summed E-state index contributed by atoms with van der Waals surface area (Å²) in [6.45, 7) is 2.47. The first kappa shape index (κ1) is 29.9. The van der Waals surface area contributed by atoms with Crippen LogP contribution in [0, 0.1) is 5.92 Å². The van der Waals surface area contributed by atoms with Crippen molar-refractivity contribution in [2.75, 3.05) is 43.9 Å². The number of hydrogen-bond acceptors (Lipinski definition) is 4. The minimum Gasteiger partial charge on any atom is -0.399 e. The van der Waals surface area contributed by atoms with E-state index < -0.39 is 23.8 Å². The van der Waals surface area contributed by atoms with Crippen LogP contribution in [0.4, 0.5) is 29.3 Å². The highest BCUT2D eigenvalue weighted by Gasteiger charge is 2.45. The molecule has 7 nitrogen and oxygen atoms in total. The maximum atomic E-state index is 13.8. The van der Waals surface area contributed by atoms with Crippen molar-refractivity contribution in [2.24, 2.45) is 5.92 Å². The van der Waals surface area contributed by atoms with Crippen LogP contribution in [-0.2, 0) is 11.0 Å². The molecule has 3 amide bonds. The number of hydrogen-bond donors (Lipinski definition) is 2. The lowest BCUT2D eigenvalue weighted by atomic mass is 9.86. The Balaban J connectivity index is 1.30. The number of nitrogens with two attached hydrogens (primary N) is 1. The topological polar surface area (TPSA) is 81.9 Å². The van der Waals surface area contributed by atoms with E-state index in [1.807, 2.05) is 0 Å². The number of nitrogen functional groups attached to an aromatic ring is 1. The summed E-state index contributed by atoms with van der Waals surface area (Å²) in [7, 11) is 2.10. The molecule has 10 heteroatoms. The van der Waals surface area contributed by atoms with E-state index in [0.29, 0.717) is 29.1 Å². The number of nitrogens with zero attached hydrogens (tertiary/aromatic N) is 3. The van der Waals surface area contributed by atoms with Crippen LogP contribution < -0.4 is 16.0 Å². The Morgan fingerprint density at radius 3 is 2.43 bits per heavy atom. The predicted octanol–water partition coefficient (Wildman–Crippen LogP) is 6.34. The Labute approximate surface area is 245 Å². The van der Waals surface area contributed by atoms with Gasteiger partial charge in [0.05, 0.1) is 35.1 Å². The van der Waals surface area contributed by atoms with Crippen molar-refractivity contribution in [2.45, 2.75) is 63.6 Å². The number of benzene rings is 2. The smallest absolute Gasteiger partial charge is 0.399 e. The molecule has 0 unspecified atom stereocenters. The predicted molar refractivity (Wildman–Crippen MR) is 158 cm³/mol. The highest BCUT2D eigenvalue weighted by molar-refractivity contribution is 6.07. The zero-order chi connectivity index (χ0) is 29.9.